The van der Waals surface area contributed by atoms with Gasteiger partial charge < -0.3 is 10.5 Å². The standard InChI is InChI=1S/C15H21NO2/c1-2-18-14(17)10-15(11-16)9-5-7-12-6-3-4-8-13(12)15/h3-4,6,8H,2,5,7,9-11,16H2,1H3. The minimum Gasteiger partial charge on any atom is -0.466 e. The number of nitrogens with two attached hydrogens (primary N) is 1. The molecule has 0 amide bonds. The van der Waals surface area contributed by atoms with Gasteiger partial charge in [-0.3, -0.25) is 4.79 Å². The van der Waals surface area contributed by atoms with E-state index in [0.29, 0.717) is 19.6 Å². The van der Waals surface area contributed by atoms with E-state index in [1.165, 1.54) is 11.1 Å². The van der Waals surface area contributed by atoms with Crippen molar-refractivity contribution in [2.24, 2.45) is 5.73 Å². The summed E-state index contributed by atoms with van der Waals surface area (Å²) >= 11 is 0. The molecule has 0 bridgehead atoms. The Bertz CT molecular complexity index is 430. The molecule has 0 aliphatic heterocycles. The maximum Gasteiger partial charge on any atom is 0.306 e. The molecule has 3 heteroatoms. The summed E-state index contributed by atoms with van der Waals surface area (Å²) in [6, 6.07) is 8.33. The summed E-state index contributed by atoms with van der Waals surface area (Å²) in [6.45, 7) is 2.77. The van der Waals surface area contributed by atoms with Crippen molar-refractivity contribution in [3.8, 4) is 0 Å². The van der Waals surface area contributed by atoms with Gasteiger partial charge in [-0.2, -0.15) is 0 Å². The van der Waals surface area contributed by atoms with Gasteiger partial charge in [0.25, 0.3) is 0 Å². The molecule has 1 aliphatic carbocycles. The molecule has 0 spiro atoms. The topological polar surface area (TPSA) is 52.3 Å². The highest BCUT2D eigenvalue weighted by atomic mass is 16.5. The molecule has 1 unspecified atom stereocenters. The lowest BCUT2D eigenvalue weighted by molar-refractivity contribution is -0.144. The van der Waals surface area contributed by atoms with Gasteiger partial charge in [0, 0.05) is 12.0 Å². The monoisotopic (exact) mass is 247 g/mol. The minimum atomic E-state index is -0.221. The molecule has 2 rings (SSSR count). The van der Waals surface area contributed by atoms with Gasteiger partial charge in [-0.1, -0.05) is 24.3 Å². The van der Waals surface area contributed by atoms with E-state index in [9.17, 15) is 4.79 Å². The fourth-order valence-corrected chi connectivity index (χ4v) is 2.96. The summed E-state index contributed by atoms with van der Waals surface area (Å²) < 4.78 is 5.09. The van der Waals surface area contributed by atoms with E-state index >= 15 is 0 Å². The molecule has 0 heterocycles. The minimum absolute atomic E-state index is 0.139. The number of ether oxygens (including phenoxy) is 1. The molecule has 18 heavy (non-hydrogen) atoms. The smallest absolute Gasteiger partial charge is 0.306 e. The number of hydrogen-bond donors (Lipinski definition) is 1. The summed E-state index contributed by atoms with van der Waals surface area (Å²) in [7, 11) is 0. The highest BCUT2D eigenvalue weighted by Crippen LogP contribution is 2.39. The summed E-state index contributed by atoms with van der Waals surface area (Å²) in [4.78, 5) is 11.8. The van der Waals surface area contributed by atoms with Crippen molar-refractivity contribution in [1.29, 1.82) is 0 Å². The molecule has 2 N–H and O–H groups in total. The van der Waals surface area contributed by atoms with Crippen molar-refractivity contribution in [3.05, 3.63) is 35.4 Å². The summed E-state index contributed by atoms with van der Waals surface area (Å²) in [6.07, 6.45) is 3.54. The highest BCUT2D eigenvalue weighted by Gasteiger charge is 2.37. The van der Waals surface area contributed by atoms with Gasteiger partial charge in [0.2, 0.25) is 0 Å². The molecular weight excluding hydrogens is 226 g/mol. The summed E-state index contributed by atoms with van der Waals surface area (Å²) in [5, 5.41) is 0. The number of benzene rings is 1. The van der Waals surface area contributed by atoms with Crippen LogP contribution in [0.5, 0.6) is 0 Å². The van der Waals surface area contributed by atoms with Crippen molar-refractivity contribution < 1.29 is 9.53 Å². The first-order valence-corrected chi connectivity index (χ1v) is 6.66. The van der Waals surface area contributed by atoms with Gasteiger partial charge in [0.1, 0.15) is 0 Å². The number of rotatable bonds is 4. The van der Waals surface area contributed by atoms with E-state index in [0.717, 1.165) is 19.3 Å². The Hall–Kier alpha value is -1.35. The van der Waals surface area contributed by atoms with Gasteiger partial charge in [-0.05, 0) is 37.3 Å². The molecule has 0 radical (unpaired) electrons. The third kappa shape index (κ3) is 2.41. The number of carbonyl (C=O) groups excluding carboxylic acids is 1. The maximum absolute atomic E-state index is 11.8. The molecule has 98 valence electrons. The van der Waals surface area contributed by atoms with Crippen LogP contribution in [0.4, 0.5) is 0 Å². The van der Waals surface area contributed by atoms with Gasteiger partial charge in [-0.15, -0.1) is 0 Å². The Kier molecular flexibility index (Phi) is 4.02. The second-order valence-electron chi connectivity index (χ2n) is 4.98. The van der Waals surface area contributed by atoms with E-state index in [1.807, 2.05) is 13.0 Å². The average Bonchev–Trinajstić information content (AvgIpc) is 2.39. The SMILES string of the molecule is CCOC(=O)CC1(CN)CCCc2ccccc21. The van der Waals surface area contributed by atoms with E-state index in [-0.39, 0.29) is 11.4 Å². The molecule has 1 atom stereocenters. The van der Waals surface area contributed by atoms with Crippen molar-refractivity contribution in [3.63, 3.8) is 0 Å². The molecule has 3 nitrogen and oxygen atoms in total. The van der Waals surface area contributed by atoms with Crippen LogP contribution in [0.25, 0.3) is 0 Å². The zero-order chi connectivity index (χ0) is 13.0. The number of aryl methyl sites for hydroxylation is 1. The Morgan fingerprint density at radius 2 is 2.22 bits per heavy atom. The Morgan fingerprint density at radius 1 is 1.44 bits per heavy atom. The van der Waals surface area contributed by atoms with Crippen LogP contribution in [0.2, 0.25) is 0 Å². The van der Waals surface area contributed by atoms with Crippen molar-refractivity contribution in [2.75, 3.05) is 13.2 Å². The lowest BCUT2D eigenvalue weighted by Gasteiger charge is -2.37. The van der Waals surface area contributed by atoms with Crippen LogP contribution in [0.1, 0.15) is 37.3 Å². The van der Waals surface area contributed by atoms with Crippen LogP contribution in [-0.4, -0.2) is 19.1 Å². The predicted molar refractivity (Wildman–Crippen MR) is 71.4 cm³/mol. The zero-order valence-electron chi connectivity index (χ0n) is 10.9. The largest absolute Gasteiger partial charge is 0.466 e. The first-order chi connectivity index (χ1) is 8.72. The van der Waals surface area contributed by atoms with Crippen molar-refractivity contribution in [1.82, 2.24) is 0 Å². The fourth-order valence-electron chi connectivity index (χ4n) is 2.96. The van der Waals surface area contributed by atoms with Gasteiger partial charge in [0.15, 0.2) is 0 Å². The van der Waals surface area contributed by atoms with E-state index < -0.39 is 0 Å². The van der Waals surface area contributed by atoms with Crippen LogP contribution in [0, 0.1) is 0 Å². The first kappa shape index (κ1) is 13.1. The molecule has 1 aliphatic rings. The first-order valence-electron chi connectivity index (χ1n) is 6.66. The molecule has 0 aromatic heterocycles. The summed E-state index contributed by atoms with van der Waals surface area (Å²) in [5.41, 5.74) is 8.34. The van der Waals surface area contributed by atoms with Crippen LogP contribution in [-0.2, 0) is 21.4 Å². The van der Waals surface area contributed by atoms with Gasteiger partial charge in [-0.25, -0.2) is 0 Å². The number of esters is 1. The third-order valence-electron chi connectivity index (χ3n) is 3.87. The second kappa shape index (κ2) is 5.53. The normalized spacial score (nSPS) is 22.3. The van der Waals surface area contributed by atoms with Crippen molar-refractivity contribution >= 4 is 5.97 Å². The second-order valence-corrected chi connectivity index (χ2v) is 4.98. The van der Waals surface area contributed by atoms with Gasteiger partial charge >= 0.3 is 5.97 Å². The third-order valence-corrected chi connectivity index (χ3v) is 3.87. The molecular formula is C15H21NO2. The Morgan fingerprint density at radius 3 is 2.94 bits per heavy atom. The molecule has 0 saturated heterocycles. The number of carbonyl (C=O) groups is 1. The maximum atomic E-state index is 11.8. The zero-order valence-corrected chi connectivity index (χ0v) is 10.9. The number of fused-ring (bicyclic) bond motifs is 1. The van der Waals surface area contributed by atoms with Gasteiger partial charge in [0.05, 0.1) is 13.0 Å². The van der Waals surface area contributed by atoms with Crippen LogP contribution >= 0.6 is 0 Å². The van der Waals surface area contributed by atoms with Crippen LogP contribution < -0.4 is 5.73 Å². The number of hydrogen-bond acceptors (Lipinski definition) is 3. The molecule has 0 saturated carbocycles. The summed E-state index contributed by atoms with van der Waals surface area (Å²) in [5.74, 6) is -0.139. The Balaban J connectivity index is 2.30. The lowest BCUT2D eigenvalue weighted by atomic mass is 9.68. The fraction of sp³-hybridized carbons (Fsp3) is 0.533. The highest BCUT2D eigenvalue weighted by molar-refractivity contribution is 5.72. The molecule has 1 aromatic carbocycles. The molecule has 0 fully saturated rings. The lowest BCUT2D eigenvalue weighted by Crippen LogP contribution is -2.40. The Labute approximate surface area is 108 Å². The van der Waals surface area contributed by atoms with Crippen LogP contribution in [0.15, 0.2) is 24.3 Å². The van der Waals surface area contributed by atoms with E-state index in [2.05, 4.69) is 18.2 Å². The van der Waals surface area contributed by atoms with E-state index in [4.69, 9.17) is 10.5 Å². The predicted octanol–water partition coefficient (Wildman–Crippen LogP) is 2.17. The quantitative estimate of drug-likeness (QED) is 0.830. The van der Waals surface area contributed by atoms with E-state index in [1.54, 1.807) is 0 Å². The average molecular weight is 247 g/mol. The van der Waals surface area contributed by atoms with Crippen LogP contribution in [0.3, 0.4) is 0 Å². The van der Waals surface area contributed by atoms with Crippen molar-refractivity contribution in [2.45, 2.75) is 38.0 Å². The molecule has 1 aromatic rings.